The van der Waals surface area contributed by atoms with Crippen molar-refractivity contribution in [2.45, 2.75) is 37.6 Å². The van der Waals surface area contributed by atoms with Crippen molar-refractivity contribution in [1.29, 1.82) is 0 Å². The molecule has 1 aromatic carbocycles. The van der Waals surface area contributed by atoms with E-state index in [-0.39, 0.29) is 11.9 Å². The molecule has 6 nitrogen and oxygen atoms in total. The highest BCUT2D eigenvalue weighted by molar-refractivity contribution is 5.91. The van der Waals surface area contributed by atoms with Gasteiger partial charge in [0.1, 0.15) is 17.3 Å². The number of amides is 1. The summed E-state index contributed by atoms with van der Waals surface area (Å²) in [7, 11) is 1.61. The minimum atomic E-state index is -0.982. The minimum absolute atomic E-state index is 0.156. The molecule has 3 aliphatic rings. The van der Waals surface area contributed by atoms with Crippen molar-refractivity contribution in [1.82, 2.24) is 4.90 Å². The fraction of sp³-hybridized carbons (Fsp3) is 0.429. The van der Waals surface area contributed by atoms with E-state index in [1.807, 2.05) is 37.3 Å². The first-order valence-electron chi connectivity index (χ1n) is 9.05. The molecule has 27 heavy (non-hydrogen) atoms. The van der Waals surface area contributed by atoms with Gasteiger partial charge in [0.25, 0.3) is 0 Å². The van der Waals surface area contributed by atoms with Crippen molar-refractivity contribution >= 4 is 11.9 Å². The topological polar surface area (TPSA) is 76.1 Å². The van der Waals surface area contributed by atoms with Crippen molar-refractivity contribution in [3.05, 3.63) is 54.1 Å². The summed E-state index contributed by atoms with van der Waals surface area (Å²) in [6.45, 7) is 6.32. The Kier molecular flexibility index (Phi) is 4.11. The number of fused-ring (bicyclic) bond motifs is 1. The lowest BCUT2D eigenvalue weighted by Crippen LogP contribution is -2.45. The predicted molar refractivity (Wildman–Crippen MR) is 98.1 cm³/mol. The maximum absolute atomic E-state index is 13.3. The van der Waals surface area contributed by atoms with Crippen LogP contribution in [0.15, 0.2) is 48.6 Å². The van der Waals surface area contributed by atoms with Crippen LogP contribution in [0.1, 0.15) is 18.9 Å². The Morgan fingerprint density at radius 2 is 2.07 bits per heavy atom. The van der Waals surface area contributed by atoms with E-state index in [4.69, 9.17) is 9.47 Å². The second-order valence-electron chi connectivity index (χ2n) is 7.63. The summed E-state index contributed by atoms with van der Waals surface area (Å²) in [5.41, 5.74) is 1.01. The number of carboxylic acids is 1. The van der Waals surface area contributed by atoms with Gasteiger partial charge in [-0.25, -0.2) is 0 Å². The zero-order chi connectivity index (χ0) is 19.3. The number of carbonyl (C=O) groups is 2. The zero-order valence-corrected chi connectivity index (χ0v) is 15.4. The standard InChI is InChI=1S/C21H23NO5/c1-12(2)10-16-21-9-8-15(27-21)17(20(24)25)18(21)19(23)22(16)11-13-4-6-14(26-3)7-5-13/h4-9,15-18H,1,10-11H2,2-3H3,(H,24,25)/t15-,16-,17-,18+,21+/m0/s1. The van der Waals surface area contributed by atoms with Crippen LogP contribution in [0.2, 0.25) is 0 Å². The monoisotopic (exact) mass is 369 g/mol. The third-order valence-electron chi connectivity index (χ3n) is 5.87. The van der Waals surface area contributed by atoms with E-state index < -0.39 is 29.5 Å². The zero-order valence-electron chi connectivity index (χ0n) is 15.4. The highest BCUT2D eigenvalue weighted by Crippen LogP contribution is 2.56. The molecule has 2 saturated heterocycles. The number of methoxy groups -OCH3 is 1. The van der Waals surface area contributed by atoms with E-state index in [1.54, 1.807) is 18.1 Å². The number of carboxylic acid groups (broad SMARTS) is 1. The highest BCUT2D eigenvalue weighted by atomic mass is 16.5. The van der Waals surface area contributed by atoms with E-state index >= 15 is 0 Å². The number of ether oxygens (including phenoxy) is 2. The Hall–Kier alpha value is -2.60. The molecule has 1 amide bonds. The summed E-state index contributed by atoms with van der Waals surface area (Å²) in [4.78, 5) is 26.9. The number of aliphatic carboxylic acids is 1. The van der Waals surface area contributed by atoms with Crippen LogP contribution in [0.3, 0.4) is 0 Å². The molecular formula is C21H23NO5. The first-order valence-corrected chi connectivity index (χ1v) is 9.05. The van der Waals surface area contributed by atoms with Crippen LogP contribution in [0.4, 0.5) is 0 Å². The van der Waals surface area contributed by atoms with E-state index in [1.165, 1.54) is 0 Å². The van der Waals surface area contributed by atoms with Gasteiger partial charge >= 0.3 is 5.97 Å². The third-order valence-corrected chi connectivity index (χ3v) is 5.87. The third kappa shape index (κ3) is 2.58. The number of likely N-dealkylation sites (tertiary alicyclic amines) is 1. The molecule has 3 heterocycles. The van der Waals surface area contributed by atoms with Crippen LogP contribution < -0.4 is 4.74 Å². The largest absolute Gasteiger partial charge is 0.497 e. The number of nitrogens with zero attached hydrogens (tertiary/aromatic N) is 1. The Labute approximate surface area is 158 Å². The Balaban J connectivity index is 1.70. The fourth-order valence-corrected chi connectivity index (χ4v) is 4.72. The van der Waals surface area contributed by atoms with Crippen molar-refractivity contribution in [3.8, 4) is 5.75 Å². The molecule has 2 bridgehead atoms. The second kappa shape index (κ2) is 6.23. The van der Waals surface area contributed by atoms with E-state index in [0.717, 1.165) is 16.9 Å². The van der Waals surface area contributed by atoms with Crippen LogP contribution >= 0.6 is 0 Å². The first-order chi connectivity index (χ1) is 12.9. The van der Waals surface area contributed by atoms with Crippen molar-refractivity contribution in [2.24, 2.45) is 11.8 Å². The molecule has 1 N–H and O–H groups in total. The van der Waals surface area contributed by atoms with Gasteiger partial charge in [0.15, 0.2) is 0 Å². The van der Waals surface area contributed by atoms with Crippen LogP contribution in [0, 0.1) is 11.8 Å². The Bertz CT molecular complexity index is 829. The molecule has 5 atom stereocenters. The quantitative estimate of drug-likeness (QED) is 0.780. The summed E-state index contributed by atoms with van der Waals surface area (Å²) < 4.78 is 11.3. The van der Waals surface area contributed by atoms with Gasteiger partial charge in [0.2, 0.25) is 5.91 Å². The normalized spacial score (nSPS) is 33.4. The summed E-state index contributed by atoms with van der Waals surface area (Å²) in [6, 6.07) is 7.27. The number of rotatable bonds is 6. The maximum atomic E-state index is 13.3. The van der Waals surface area contributed by atoms with E-state index in [2.05, 4.69) is 6.58 Å². The number of benzene rings is 1. The average molecular weight is 369 g/mol. The minimum Gasteiger partial charge on any atom is -0.497 e. The fourth-order valence-electron chi connectivity index (χ4n) is 4.72. The lowest BCUT2D eigenvalue weighted by atomic mass is 9.74. The highest BCUT2D eigenvalue weighted by Gasteiger charge is 2.70. The van der Waals surface area contributed by atoms with Crippen molar-refractivity contribution in [3.63, 3.8) is 0 Å². The molecule has 1 spiro atoms. The van der Waals surface area contributed by atoms with Gasteiger partial charge in [-0.05, 0) is 31.0 Å². The molecule has 0 radical (unpaired) electrons. The number of hydrogen-bond acceptors (Lipinski definition) is 4. The van der Waals surface area contributed by atoms with Crippen LogP contribution in [0.25, 0.3) is 0 Å². The lowest BCUT2D eigenvalue weighted by molar-refractivity contribution is -0.148. The van der Waals surface area contributed by atoms with Gasteiger partial charge in [-0.15, -0.1) is 6.58 Å². The SMILES string of the molecule is C=C(C)C[C@@H]1N(Cc2ccc(OC)cc2)C(=O)[C@H]2[C@@H](C(=O)O)[C@@H]3C=C[C@@]12O3. The van der Waals surface area contributed by atoms with Gasteiger partial charge in [-0.3, -0.25) is 9.59 Å². The summed E-state index contributed by atoms with van der Waals surface area (Å²) >= 11 is 0. The summed E-state index contributed by atoms with van der Waals surface area (Å²) in [6.07, 6.45) is 3.74. The lowest BCUT2D eigenvalue weighted by Gasteiger charge is -2.33. The smallest absolute Gasteiger partial charge is 0.310 e. The molecule has 0 saturated carbocycles. The van der Waals surface area contributed by atoms with Crippen molar-refractivity contribution < 1.29 is 24.2 Å². The molecule has 3 aliphatic heterocycles. The molecule has 4 rings (SSSR count). The van der Waals surface area contributed by atoms with Gasteiger partial charge in [-0.2, -0.15) is 0 Å². The molecular weight excluding hydrogens is 346 g/mol. The molecule has 0 aromatic heterocycles. The molecule has 0 aliphatic carbocycles. The van der Waals surface area contributed by atoms with Crippen LogP contribution in [-0.4, -0.2) is 46.7 Å². The molecule has 6 heteroatoms. The van der Waals surface area contributed by atoms with E-state index in [0.29, 0.717) is 13.0 Å². The number of carbonyl (C=O) groups excluding carboxylic acids is 1. The molecule has 2 fully saturated rings. The van der Waals surface area contributed by atoms with Gasteiger partial charge in [0, 0.05) is 6.54 Å². The maximum Gasteiger partial charge on any atom is 0.310 e. The second-order valence-corrected chi connectivity index (χ2v) is 7.63. The van der Waals surface area contributed by atoms with Crippen LogP contribution in [0.5, 0.6) is 5.75 Å². The van der Waals surface area contributed by atoms with E-state index in [9.17, 15) is 14.7 Å². The Morgan fingerprint density at radius 3 is 2.67 bits per heavy atom. The molecule has 142 valence electrons. The van der Waals surface area contributed by atoms with Gasteiger partial charge in [-0.1, -0.05) is 29.9 Å². The van der Waals surface area contributed by atoms with Crippen LogP contribution in [-0.2, 0) is 20.9 Å². The molecule has 1 aromatic rings. The van der Waals surface area contributed by atoms with Gasteiger partial charge in [0.05, 0.1) is 25.2 Å². The first kappa shape index (κ1) is 17.8. The predicted octanol–water partition coefficient (Wildman–Crippen LogP) is 2.40. The summed E-state index contributed by atoms with van der Waals surface area (Å²) in [5, 5.41) is 9.68. The molecule has 0 unspecified atom stereocenters. The van der Waals surface area contributed by atoms with Crippen molar-refractivity contribution in [2.75, 3.05) is 7.11 Å². The number of hydrogen-bond donors (Lipinski definition) is 1. The Morgan fingerprint density at radius 1 is 1.37 bits per heavy atom. The average Bonchev–Trinajstić information content (AvgIpc) is 3.27. The van der Waals surface area contributed by atoms with Gasteiger partial charge < -0.3 is 19.5 Å². The summed E-state index contributed by atoms with van der Waals surface area (Å²) in [5.74, 6) is -1.92.